The zero-order valence-electron chi connectivity index (χ0n) is 7.72. The molecule has 1 nitrogen and oxygen atoms in total. The van der Waals surface area contributed by atoms with E-state index in [-0.39, 0.29) is 0 Å². The highest BCUT2D eigenvalue weighted by molar-refractivity contribution is 9.11. The van der Waals surface area contributed by atoms with Crippen LogP contribution in [-0.2, 0) is 6.42 Å². The first kappa shape index (κ1) is 10.3. The topological polar surface area (TPSA) is 9.23 Å². The number of hydrogen-bond acceptors (Lipinski definition) is 1. The lowest BCUT2D eigenvalue weighted by Crippen LogP contribution is -1.87. The minimum Gasteiger partial charge on any atom is -0.497 e. The first-order valence-electron chi connectivity index (χ1n) is 4.18. The summed E-state index contributed by atoms with van der Waals surface area (Å²) in [5.41, 5.74) is 1.28. The number of aryl methyl sites for hydroxylation is 1. The molecule has 2 heteroatoms. The Morgan fingerprint density at radius 3 is 2.92 bits per heavy atom. The average molecular weight is 241 g/mol. The molecule has 0 aliphatic carbocycles. The lowest BCUT2D eigenvalue weighted by atomic mass is 10.1. The maximum absolute atomic E-state index is 5.13. The Kier molecular flexibility index (Phi) is 4.03. The molecular weight excluding hydrogens is 228 g/mol. The molecule has 0 saturated heterocycles. The van der Waals surface area contributed by atoms with Crippen LogP contribution < -0.4 is 4.74 Å². The molecule has 0 aliphatic heterocycles. The van der Waals surface area contributed by atoms with E-state index < -0.39 is 0 Å². The highest BCUT2D eigenvalue weighted by Gasteiger charge is 1.96. The average Bonchev–Trinajstić information content (AvgIpc) is 2.15. The van der Waals surface area contributed by atoms with E-state index in [2.05, 4.69) is 34.6 Å². The molecule has 1 aromatic carbocycles. The van der Waals surface area contributed by atoms with Crippen molar-refractivity contribution in [3.63, 3.8) is 0 Å². The summed E-state index contributed by atoms with van der Waals surface area (Å²) in [6.07, 6.45) is 1.97. The molecular formula is C11H13BrO. The second kappa shape index (κ2) is 5.07. The van der Waals surface area contributed by atoms with E-state index >= 15 is 0 Å². The highest BCUT2D eigenvalue weighted by Crippen LogP contribution is 2.16. The quantitative estimate of drug-likeness (QED) is 0.783. The lowest BCUT2D eigenvalue weighted by Gasteiger charge is -2.03. The molecule has 0 N–H and O–H groups in total. The molecule has 0 bridgehead atoms. The Bertz CT molecular complexity index is 294. The second-order valence-corrected chi connectivity index (χ2v) is 3.99. The van der Waals surface area contributed by atoms with Gasteiger partial charge in [-0.25, -0.2) is 0 Å². The molecule has 0 aliphatic rings. The van der Waals surface area contributed by atoms with Crippen LogP contribution in [0, 0.1) is 0 Å². The van der Waals surface area contributed by atoms with Crippen LogP contribution in [0.15, 0.2) is 35.3 Å². The maximum atomic E-state index is 5.13. The standard InChI is InChI=1S/C11H13BrO/c1-9(12)6-7-10-4-3-5-11(8-10)13-2/h3-5,8H,1,6-7H2,2H3. The molecule has 13 heavy (non-hydrogen) atoms. The predicted octanol–water partition coefficient (Wildman–Crippen LogP) is 3.54. The van der Waals surface area contributed by atoms with Crippen LogP contribution in [0.25, 0.3) is 0 Å². The van der Waals surface area contributed by atoms with Crippen molar-refractivity contribution in [1.82, 2.24) is 0 Å². The van der Waals surface area contributed by atoms with Crippen LogP contribution in [0.2, 0.25) is 0 Å². The predicted molar refractivity (Wildman–Crippen MR) is 59.4 cm³/mol. The molecule has 0 unspecified atom stereocenters. The number of methoxy groups -OCH3 is 1. The fraction of sp³-hybridized carbons (Fsp3) is 0.273. The van der Waals surface area contributed by atoms with Gasteiger partial charge in [0.1, 0.15) is 5.75 Å². The van der Waals surface area contributed by atoms with E-state index in [1.54, 1.807) is 7.11 Å². The van der Waals surface area contributed by atoms with E-state index in [1.807, 2.05) is 12.1 Å². The smallest absolute Gasteiger partial charge is 0.119 e. The van der Waals surface area contributed by atoms with Crippen LogP contribution in [0.3, 0.4) is 0 Å². The van der Waals surface area contributed by atoms with Crippen LogP contribution in [0.4, 0.5) is 0 Å². The number of halogens is 1. The zero-order chi connectivity index (χ0) is 9.68. The summed E-state index contributed by atoms with van der Waals surface area (Å²) >= 11 is 3.34. The summed E-state index contributed by atoms with van der Waals surface area (Å²) < 4.78 is 6.16. The molecule has 0 amide bonds. The van der Waals surface area contributed by atoms with Crippen molar-refractivity contribution in [3.8, 4) is 5.75 Å². The number of hydrogen-bond donors (Lipinski definition) is 0. The second-order valence-electron chi connectivity index (χ2n) is 2.87. The van der Waals surface area contributed by atoms with Crippen LogP contribution in [-0.4, -0.2) is 7.11 Å². The maximum Gasteiger partial charge on any atom is 0.119 e. The van der Waals surface area contributed by atoms with Crippen molar-refractivity contribution in [1.29, 1.82) is 0 Å². The normalized spacial score (nSPS) is 9.69. The largest absolute Gasteiger partial charge is 0.497 e. The van der Waals surface area contributed by atoms with Gasteiger partial charge in [0.05, 0.1) is 7.11 Å². The van der Waals surface area contributed by atoms with Gasteiger partial charge in [0.15, 0.2) is 0 Å². The van der Waals surface area contributed by atoms with Crippen molar-refractivity contribution in [2.75, 3.05) is 7.11 Å². The fourth-order valence-electron chi connectivity index (χ4n) is 1.11. The molecule has 0 radical (unpaired) electrons. The van der Waals surface area contributed by atoms with Gasteiger partial charge in [0.2, 0.25) is 0 Å². The number of ether oxygens (including phenoxy) is 1. The van der Waals surface area contributed by atoms with Gasteiger partial charge in [0, 0.05) is 0 Å². The van der Waals surface area contributed by atoms with Crippen LogP contribution in [0.1, 0.15) is 12.0 Å². The van der Waals surface area contributed by atoms with E-state index in [0.717, 1.165) is 23.1 Å². The minimum absolute atomic E-state index is 0.915. The van der Waals surface area contributed by atoms with Crippen LogP contribution >= 0.6 is 15.9 Å². The van der Waals surface area contributed by atoms with Gasteiger partial charge in [-0.15, -0.1) is 0 Å². The number of allylic oxidation sites excluding steroid dienone is 1. The van der Waals surface area contributed by atoms with Crippen molar-refractivity contribution < 1.29 is 4.74 Å². The molecule has 0 aromatic heterocycles. The van der Waals surface area contributed by atoms with E-state index in [1.165, 1.54) is 5.56 Å². The molecule has 0 heterocycles. The summed E-state index contributed by atoms with van der Waals surface area (Å²) in [6.45, 7) is 3.80. The Morgan fingerprint density at radius 1 is 1.54 bits per heavy atom. The summed E-state index contributed by atoms with van der Waals surface area (Å²) in [6, 6.07) is 8.10. The zero-order valence-corrected chi connectivity index (χ0v) is 9.30. The van der Waals surface area contributed by atoms with Crippen molar-refractivity contribution >= 4 is 15.9 Å². The summed E-state index contributed by atoms with van der Waals surface area (Å²) in [5, 5.41) is 0. The van der Waals surface area contributed by atoms with E-state index in [0.29, 0.717) is 0 Å². The summed E-state index contributed by atoms with van der Waals surface area (Å²) in [4.78, 5) is 0. The van der Waals surface area contributed by atoms with Gasteiger partial charge in [0.25, 0.3) is 0 Å². The minimum atomic E-state index is 0.915. The lowest BCUT2D eigenvalue weighted by molar-refractivity contribution is 0.414. The Morgan fingerprint density at radius 2 is 2.31 bits per heavy atom. The number of benzene rings is 1. The molecule has 0 spiro atoms. The molecule has 70 valence electrons. The van der Waals surface area contributed by atoms with Gasteiger partial charge in [-0.1, -0.05) is 34.6 Å². The summed E-state index contributed by atoms with van der Waals surface area (Å²) in [7, 11) is 1.68. The Labute approximate surface area is 87.5 Å². The van der Waals surface area contributed by atoms with E-state index in [4.69, 9.17) is 4.74 Å². The van der Waals surface area contributed by atoms with Crippen molar-refractivity contribution in [3.05, 3.63) is 40.9 Å². The molecule has 0 saturated carbocycles. The van der Waals surface area contributed by atoms with Crippen molar-refractivity contribution in [2.24, 2.45) is 0 Å². The Hall–Kier alpha value is -0.760. The van der Waals surface area contributed by atoms with Gasteiger partial charge >= 0.3 is 0 Å². The highest BCUT2D eigenvalue weighted by atomic mass is 79.9. The van der Waals surface area contributed by atoms with E-state index in [9.17, 15) is 0 Å². The monoisotopic (exact) mass is 240 g/mol. The SMILES string of the molecule is C=C(Br)CCc1cccc(OC)c1. The van der Waals surface area contributed by atoms with Crippen LogP contribution in [0.5, 0.6) is 5.75 Å². The summed E-state index contributed by atoms with van der Waals surface area (Å²) in [5.74, 6) is 0.915. The van der Waals surface area contributed by atoms with Crippen molar-refractivity contribution in [2.45, 2.75) is 12.8 Å². The third kappa shape index (κ3) is 3.64. The Balaban J connectivity index is 2.61. The molecule has 1 aromatic rings. The van der Waals surface area contributed by atoms with Gasteiger partial charge in [-0.3, -0.25) is 0 Å². The fourth-order valence-corrected chi connectivity index (χ4v) is 1.31. The first-order valence-corrected chi connectivity index (χ1v) is 4.98. The third-order valence-electron chi connectivity index (χ3n) is 1.82. The third-order valence-corrected chi connectivity index (χ3v) is 2.22. The molecule has 1 rings (SSSR count). The first-order chi connectivity index (χ1) is 6.22. The molecule has 0 fully saturated rings. The number of rotatable bonds is 4. The van der Waals surface area contributed by atoms with Gasteiger partial charge < -0.3 is 4.74 Å². The molecule has 0 atom stereocenters. The van der Waals surface area contributed by atoms with Gasteiger partial charge in [-0.05, 0) is 35.0 Å². The van der Waals surface area contributed by atoms with Gasteiger partial charge in [-0.2, -0.15) is 0 Å².